The minimum atomic E-state index is -0.346. The Morgan fingerprint density at radius 2 is 2.05 bits per heavy atom. The van der Waals surface area contributed by atoms with Gasteiger partial charge < -0.3 is 19.7 Å². The summed E-state index contributed by atoms with van der Waals surface area (Å²) in [6.07, 6.45) is 2.10. The zero-order valence-corrected chi connectivity index (χ0v) is 13.5. The molecule has 5 heteroatoms. The first-order valence-corrected chi connectivity index (χ1v) is 7.89. The van der Waals surface area contributed by atoms with Crippen LogP contribution in [0.5, 0.6) is 11.5 Å². The van der Waals surface area contributed by atoms with Crippen molar-refractivity contribution in [3.8, 4) is 11.5 Å². The van der Waals surface area contributed by atoms with E-state index in [4.69, 9.17) is 9.47 Å². The number of fused-ring (bicyclic) bond motifs is 1. The number of nitrogens with one attached hydrogen (secondary N) is 1. The molecular formula is C17H24N2O3. The van der Waals surface area contributed by atoms with Crippen LogP contribution in [0, 0.1) is 5.41 Å². The number of amides is 1. The number of piperidine rings is 1. The molecule has 1 amide bonds. The van der Waals surface area contributed by atoms with E-state index >= 15 is 0 Å². The molecule has 1 atom stereocenters. The molecule has 1 N–H and O–H groups in total. The maximum atomic E-state index is 12.2. The number of hydrogen-bond donors (Lipinski definition) is 1. The molecule has 1 saturated heterocycles. The molecule has 3 rings (SSSR count). The van der Waals surface area contributed by atoms with Crippen LogP contribution in [0.4, 0.5) is 5.69 Å². The van der Waals surface area contributed by atoms with Crippen molar-refractivity contribution in [1.82, 2.24) is 5.32 Å². The first kappa shape index (κ1) is 15.0. The molecule has 2 aliphatic rings. The molecule has 1 aromatic rings. The second kappa shape index (κ2) is 5.71. The average molecular weight is 304 g/mol. The molecule has 0 aromatic heterocycles. The predicted octanol–water partition coefficient (Wildman–Crippen LogP) is 2.55. The number of nitrogens with zero attached hydrogens (tertiary/aromatic N) is 1. The Balaban J connectivity index is 1.67. The fourth-order valence-corrected chi connectivity index (χ4v) is 2.81. The van der Waals surface area contributed by atoms with Gasteiger partial charge in [-0.15, -0.1) is 0 Å². The Morgan fingerprint density at radius 3 is 2.82 bits per heavy atom. The summed E-state index contributed by atoms with van der Waals surface area (Å²) in [5.41, 5.74) is 0.778. The van der Waals surface area contributed by atoms with Crippen LogP contribution in [-0.4, -0.2) is 31.8 Å². The van der Waals surface area contributed by atoms with Gasteiger partial charge >= 0.3 is 0 Å². The quantitative estimate of drug-likeness (QED) is 0.912. The third-order valence-corrected chi connectivity index (χ3v) is 4.16. The Hall–Kier alpha value is -1.91. The van der Waals surface area contributed by atoms with Gasteiger partial charge in [0.25, 0.3) is 0 Å². The van der Waals surface area contributed by atoms with Crippen molar-refractivity contribution in [3.63, 3.8) is 0 Å². The van der Waals surface area contributed by atoms with E-state index in [0.717, 1.165) is 43.1 Å². The maximum Gasteiger partial charge on any atom is 0.231 e. The molecule has 0 saturated carbocycles. The summed E-state index contributed by atoms with van der Waals surface area (Å²) in [6, 6.07) is 6.23. The Morgan fingerprint density at radius 1 is 1.27 bits per heavy atom. The number of carbonyl (C=O) groups is 1. The molecule has 0 aliphatic carbocycles. The van der Waals surface area contributed by atoms with Crippen LogP contribution < -0.4 is 19.7 Å². The minimum absolute atomic E-state index is 0.116. The second-order valence-corrected chi connectivity index (χ2v) is 7.05. The van der Waals surface area contributed by atoms with Gasteiger partial charge in [-0.3, -0.25) is 4.79 Å². The Kier molecular flexibility index (Phi) is 3.89. The van der Waals surface area contributed by atoms with Crippen LogP contribution in [0.2, 0.25) is 0 Å². The third kappa shape index (κ3) is 3.13. The molecular weight excluding hydrogens is 280 g/mol. The first-order chi connectivity index (χ1) is 10.4. The van der Waals surface area contributed by atoms with Gasteiger partial charge in [0.15, 0.2) is 11.5 Å². The summed E-state index contributed by atoms with van der Waals surface area (Å²) in [5, 5.41) is 3.17. The van der Waals surface area contributed by atoms with Crippen molar-refractivity contribution in [3.05, 3.63) is 18.2 Å². The number of rotatable bonds is 2. The zero-order chi connectivity index (χ0) is 15.7. The van der Waals surface area contributed by atoms with Gasteiger partial charge in [-0.05, 0) is 25.0 Å². The lowest BCUT2D eigenvalue weighted by Gasteiger charge is -2.36. The smallest absolute Gasteiger partial charge is 0.231 e. The van der Waals surface area contributed by atoms with Crippen molar-refractivity contribution in [2.24, 2.45) is 5.41 Å². The van der Waals surface area contributed by atoms with Crippen molar-refractivity contribution >= 4 is 11.6 Å². The largest absolute Gasteiger partial charge is 0.454 e. The van der Waals surface area contributed by atoms with Gasteiger partial charge in [0.2, 0.25) is 12.7 Å². The standard InChI is InChI=1S/C17H24N2O3/c1-17(2,3)16(20)18-12-5-4-8-19(10-12)13-6-7-14-15(9-13)22-11-21-14/h6-7,9,12H,4-5,8,10-11H2,1-3H3,(H,18,20). The number of benzene rings is 1. The van der Waals surface area contributed by atoms with Crippen LogP contribution in [-0.2, 0) is 4.79 Å². The summed E-state index contributed by atoms with van der Waals surface area (Å²) in [7, 11) is 0. The normalized spacial score (nSPS) is 20.9. The van der Waals surface area contributed by atoms with E-state index in [9.17, 15) is 4.79 Å². The highest BCUT2D eigenvalue weighted by molar-refractivity contribution is 5.81. The molecule has 1 aromatic carbocycles. The monoisotopic (exact) mass is 304 g/mol. The van der Waals surface area contributed by atoms with Gasteiger partial charge in [-0.25, -0.2) is 0 Å². The average Bonchev–Trinajstić information content (AvgIpc) is 2.94. The molecule has 0 bridgehead atoms. The summed E-state index contributed by atoms with van der Waals surface area (Å²) < 4.78 is 10.8. The lowest BCUT2D eigenvalue weighted by molar-refractivity contribution is -0.129. The van der Waals surface area contributed by atoms with E-state index in [0.29, 0.717) is 6.79 Å². The second-order valence-electron chi connectivity index (χ2n) is 7.05. The van der Waals surface area contributed by atoms with Gasteiger partial charge in [0.05, 0.1) is 0 Å². The summed E-state index contributed by atoms with van der Waals surface area (Å²) in [4.78, 5) is 14.5. The Labute approximate surface area is 131 Å². The van der Waals surface area contributed by atoms with Gasteiger partial charge in [0, 0.05) is 36.3 Å². The molecule has 22 heavy (non-hydrogen) atoms. The molecule has 1 unspecified atom stereocenters. The van der Waals surface area contributed by atoms with Crippen LogP contribution in [0.15, 0.2) is 18.2 Å². The molecule has 1 fully saturated rings. The number of anilines is 1. The van der Waals surface area contributed by atoms with Crippen LogP contribution >= 0.6 is 0 Å². The van der Waals surface area contributed by atoms with E-state index in [1.54, 1.807) is 0 Å². The van der Waals surface area contributed by atoms with E-state index < -0.39 is 0 Å². The lowest BCUT2D eigenvalue weighted by atomic mass is 9.94. The van der Waals surface area contributed by atoms with Crippen LogP contribution in [0.1, 0.15) is 33.6 Å². The fourth-order valence-electron chi connectivity index (χ4n) is 2.81. The number of ether oxygens (including phenoxy) is 2. The molecule has 2 heterocycles. The van der Waals surface area contributed by atoms with Gasteiger partial charge in [-0.2, -0.15) is 0 Å². The molecule has 0 spiro atoms. The van der Waals surface area contributed by atoms with E-state index in [1.807, 2.05) is 32.9 Å². The molecule has 2 aliphatic heterocycles. The molecule has 120 valence electrons. The maximum absolute atomic E-state index is 12.2. The van der Waals surface area contributed by atoms with Gasteiger partial charge in [0.1, 0.15) is 0 Å². The number of carbonyl (C=O) groups excluding carboxylic acids is 1. The van der Waals surface area contributed by atoms with Gasteiger partial charge in [-0.1, -0.05) is 20.8 Å². The highest BCUT2D eigenvalue weighted by atomic mass is 16.7. The minimum Gasteiger partial charge on any atom is -0.454 e. The van der Waals surface area contributed by atoms with Crippen molar-refractivity contribution in [2.75, 3.05) is 24.8 Å². The topological polar surface area (TPSA) is 50.8 Å². The van der Waals surface area contributed by atoms with Crippen LogP contribution in [0.3, 0.4) is 0 Å². The zero-order valence-electron chi connectivity index (χ0n) is 13.5. The van der Waals surface area contributed by atoms with Crippen molar-refractivity contribution < 1.29 is 14.3 Å². The summed E-state index contributed by atoms with van der Waals surface area (Å²) in [5.74, 6) is 1.72. The highest BCUT2D eigenvalue weighted by Crippen LogP contribution is 2.36. The predicted molar refractivity (Wildman–Crippen MR) is 85.4 cm³/mol. The van der Waals surface area contributed by atoms with Crippen molar-refractivity contribution in [2.45, 2.75) is 39.7 Å². The van der Waals surface area contributed by atoms with E-state index in [-0.39, 0.29) is 17.4 Å². The number of hydrogen-bond acceptors (Lipinski definition) is 4. The van der Waals surface area contributed by atoms with E-state index in [1.165, 1.54) is 0 Å². The lowest BCUT2D eigenvalue weighted by Crippen LogP contribution is -2.50. The first-order valence-electron chi connectivity index (χ1n) is 7.89. The van der Waals surface area contributed by atoms with E-state index in [2.05, 4.69) is 16.3 Å². The molecule has 0 radical (unpaired) electrons. The highest BCUT2D eigenvalue weighted by Gasteiger charge is 2.27. The summed E-state index contributed by atoms with van der Waals surface area (Å²) in [6.45, 7) is 7.97. The third-order valence-electron chi connectivity index (χ3n) is 4.16. The Bertz CT molecular complexity index is 566. The SMILES string of the molecule is CC(C)(C)C(=O)NC1CCCN(c2ccc3c(c2)OCO3)C1. The molecule has 5 nitrogen and oxygen atoms in total. The fraction of sp³-hybridized carbons (Fsp3) is 0.588. The van der Waals surface area contributed by atoms with Crippen molar-refractivity contribution in [1.29, 1.82) is 0 Å². The summed E-state index contributed by atoms with van der Waals surface area (Å²) >= 11 is 0. The van der Waals surface area contributed by atoms with Crippen LogP contribution in [0.25, 0.3) is 0 Å².